The van der Waals surface area contributed by atoms with Crippen molar-refractivity contribution in [1.29, 1.82) is 0 Å². The first-order valence-corrected chi connectivity index (χ1v) is 8.37. The van der Waals surface area contributed by atoms with Crippen LogP contribution >= 0.6 is 0 Å². The Kier molecular flexibility index (Phi) is 4.94. The third-order valence-corrected chi connectivity index (χ3v) is 5.73. The molecule has 2 heteroatoms. The van der Waals surface area contributed by atoms with E-state index in [0.717, 1.165) is 18.5 Å². The van der Waals surface area contributed by atoms with Gasteiger partial charge >= 0.3 is 0 Å². The molecule has 0 aromatic heterocycles. The average molecular weight is 266 g/mol. The Labute approximate surface area is 120 Å². The van der Waals surface area contributed by atoms with Gasteiger partial charge in [0.1, 0.15) is 0 Å². The smallest absolute Gasteiger partial charge is 0.0194 e. The predicted octanol–water partition coefficient (Wildman–Crippen LogP) is 3.65. The van der Waals surface area contributed by atoms with Gasteiger partial charge in [-0.1, -0.05) is 34.1 Å². The van der Waals surface area contributed by atoms with E-state index in [0.29, 0.717) is 17.4 Å². The molecule has 4 atom stereocenters. The van der Waals surface area contributed by atoms with Gasteiger partial charge in [-0.25, -0.2) is 0 Å². The van der Waals surface area contributed by atoms with E-state index in [1.807, 2.05) is 0 Å². The number of nitrogens with two attached hydrogens (primary N) is 1. The van der Waals surface area contributed by atoms with Gasteiger partial charge in [-0.15, -0.1) is 0 Å². The summed E-state index contributed by atoms with van der Waals surface area (Å²) in [6.45, 7) is 12.0. The van der Waals surface area contributed by atoms with Gasteiger partial charge in [0, 0.05) is 18.6 Å². The zero-order valence-electron chi connectivity index (χ0n) is 13.5. The lowest BCUT2D eigenvalue weighted by atomic mass is 9.76. The van der Waals surface area contributed by atoms with E-state index < -0.39 is 0 Å². The van der Waals surface area contributed by atoms with E-state index in [4.69, 9.17) is 5.73 Å². The molecule has 2 fully saturated rings. The number of hydrogen-bond donors (Lipinski definition) is 1. The molecular weight excluding hydrogens is 232 g/mol. The van der Waals surface area contributed by atoms with Crippen LogP contribution in [0.25, 0.3) is 0 Å². The predicted molar refractivity (Wildman–Crippen MR) is 83.1 cm³/mol. The van der Waals surface area contributed by atoms with Crippen molar-refractivity contribution in [1.82, 2.24) is 4.90 Å². The van der Waals surface area contributed by atoms with Gasteiger partial charge < -0.3 is 5.73 Å². The van der Waals surface area contributed by atoms with E-state index in [1.165, 1.54) is 45.1 Å². The molecule has 1 saturated carbocycles. The molecule has 4 unspecified atom stereocenters. The fourth-order valence-corrected chi connectivity index (χ4v) is 3.97. The maximum absolute atomic E-state index is 6.27. The summed E-state index contributed by atoms with van der Waals surface area (Å²) in [6.07, 6.45) is 8.33. The minimum absolute atomic E-state index is 0.399. The van der Waals surface area contributed by atoms with Crippen LogP contribution in [-0.2, 0) is 0 Å². The summed E-state index contributed by atoms with van der Waals surface area (Å²) in [7, 11) is 0. The molecule has 0 bridgehead atoms. The first kappa shape index (κ1) is 15.3. The molecule has 1 saturated heterocycles. The lowest BCUT2D eigenvalue weighted by Gasteiger charge is -2.40. The Morgan fingerprint density at radius 1 is 1.00 bits per heavy atom. The maximum Gasteiger partial charge on any atom is 0.0194 e. The topological polar surface area (TPSA) is 29.3 Å². The number of hydrogen-bond acceptors (Lipinski definition) is 2. The monoisotopic (exact) mass is 266 g/mol. The molecule has 19 heavy (non-hydrogen) atoms. The quantitative estimate of drug-likeness (QED) is 0.734. The van der Waals surface area contributed by atoms with Crippen molar-refractivity contribution in [2.24, 2.45) is 23.0 Å². The molecule has 2 rings (SSSR count). The van der Waals surface area contributed by atoms with Gasteiger partial charge in [0.25, 0.3) is 0 Å². The van der Waals surface area contributed by atoms with E-state index in [-0.39, 0.29) is 0 Å². The molecule has 0 aromatic carbocycles. The van der Waals surface area contributed by atoms with Crippen LogP contribution in [0.3, 0.4) is 0 Å². The second kappa shape index (κ2) is 6.13. The summed E-state index contributed by atoms with van der Waals surface area (Å²) >= 11 is 0. The van der Waals surface area contributed by atoms with Crippen LogP contribution < -0.4 is 5.73 Å². The van der Waals surface area contributed by atoms with Gasteiger partial charge in [-0.05, 0) is 55.9 Å². The molecule has 1 heterocycles. The van der Waals surface area contributed by atoms with E-state index in [1.54, 1.807) is 0 Å². The molecule has 2 nitrogen and oxygen atoms in total. The van der Waals surface area contributed by atoms with Crippen LogP contribution in [0.15, 0.2) is 0 Å². The number of piperidine rings is 1. The molecule has 1 aliphatic heterocycles. The molecule has 1 aliphatic carbocycles. The summed E-state index contributed by atoms with van der Waals surface area (Å²) in [5, 5.41) is 0. The summed E-state index contributed by atoms with van der Waals surface area (Å²) in [5.41, 5.74) is 6.76. The Bertz CT molecular complexity index is 281. The standard InChI is InChI=1S/C17H34N2/c1-13-10-11-19(12-16(13)18)15-7-5-6-14(8-9-15)17(2,3)4/h13-16H,5-12,18H2,1-4H3. The van der Waals surface area contributed by atoms with Crippen molar-refractivity contribution in [3.05, 3.63) is 0 Å². The van der Waals surface area contributed by atoms with Gasteiger partial charge in [0.15, 0.2) is 0 Å². The highest BCUT2D eigenvalue weighted by Gasteiger charge is 2.32. The van der Waals surface area contributed by atoms with Gasteiger partial charge in [0.2, 0.25) is 0 Å². The highest BCUT2D eigenvalue weighted by atomic mass is 15.2. The minimum atomic E-state index is 0.399. The molecule has 0 radical (unpaired) electrons. The number of likely N-dealkylation sites (tertiary alicyclic amines) is 1. The number of nitrogens with zero attached hydrogens (tertiary/aromatic N) is 1. The first-order chi connectivity index (χ1) is 8.88. The largest absolute Gasteiger partial charge is 0.326 e. The van der Waals surface area contributed by atoms with Crippen LogP contribution in [0.1, 0.15) is 66.2 Å². The Morgan fingerprint density at radius 2 is 1.74 bits per heavy atom. The normalized spacial score (nSPS) is 39.0. The van der Waals surface area contributed by atoms with Crippen LogP contribution in [0.2, 0.25) is 0 Å². The summed E-state index contributed by atoms with van der Waals surface area (Å²) in [4.78, 5) is 2.70. The van der Waals surface area contributed by atoms with Crippen molar-refractivity contribution in [2.75, 3.05) is 13.1 Å². The summed E-state index contributed by atoms with van der Waals surface area (Å²) in [5.74, 6) is 1.62. The maximum atomic E-state index is 6.27. The van der Waals surface area contributed by atoms with Crippen LogP contribution in [0.4, 0.5) is 0 Å². The highest BCUT2D eigenvalue weighted by Crippen LogP contribution is 2.38. The third kappa shape index (κ3) is 3.95. The Morgan fingerprint density at radius 3 is 2.37 bits per heavy atom. The van der Waals surface area contributed by atoms with Crippen molar-refractivity contribution < 1.29 is 0 Å². The number of rotatable bonds is 1. The van der Waals surface area contributed by atoms with Crippen molar-refractivity contribution in [2.45, 2.75) is 78.3 Å². The molecule has 2 N–H and O–H groups in total. The minimum Gasteiger partial charge on any atom is -0.326 e. The zero-order chi connectivity index (χ0) is 14.0. The average Bonchev–Trinajstić information content (AvgIpc) is 2.57. The van der Waals surface area contributed by atoms with Crippen molar-refractivity contribution in [3.8, 4) is 0 Å². The third-order valence-electron chi connectivity index (χ3n) is 5.73. The van der Waals surface area contributed by atoms with Gasteiger partial charge in [-0.2, -0.15) is 0 Å². The van der Waals surface area contributed by atoms with Crippen LogP contribution in [0.5, 0.6) is 0 Å². The molecule has 0 aromatic rings. The molecule has 0 amide bonds. The SMILES string of the molecule is CC1CCN(C2CCCC(C(C)(C)C)CC2)CC1N. The van der Waals surface area contributed by atoms with Crippen LogP contribution in [-0.4, -0.2) is 30.1 Å². The highest BCUT2D eigenvalue weighted by molar-refractivity contribution is 4.87. The summed E-state index contributed by atoms with van der Waals surface area (Å²) < 4.78 is 0. The zero-order valence-corrected chi connectivity index (χ0v) is 13.5. The second-order valence-corrected chi connectivity index (χ2v) is 8.15. The van der Waals surface area contributed by atoms with Crippen LogP contribution in [0, 0.1) is 17.3 Å². The summed E-state index contributed by atoms with van der Waals surface area (Å²) in [6, 6.07) is 1.21. The molecule has 2 aliphatic rings. The van der Waals surface area contributed by atoms with Crippen molar-refractivity contribution in [3.63, 3.8) is 0 Å². The molecule has 0 spiro atoms. The second-order valence-electron chi connectivity index (χ2n) is 8.15. The fraction of sp³-hybridized carbons (Fsp3) is 1.00. The van der Waals surface area contributed by atoms with E-state index in [9.17, 15) is 0 Å². The molecular formula is C17H34N2. The lowest BCUT2D eigenvalue weighted by molar-refractivity contribution is 0.108. The van der Waals surface area contributed by atoms with Crippen molar-refractivity contribution >= 4 is 0 Å². The Balaban J connectivity index is 1.89. The van der Waals surface area contributed by atoms with Gasteiger partial charge in [-0.3, -0.25) is 4.90 Å². The van der Waals surface area contributed by atoms with E-state index in [2.05, 4.69) is 32.6 Å². The first-order valence-electron chi connectivity index (χ1n) is 8.37. The fourth-order valence-electron chi connectivity index (χ4n) is 3.97. The molecule has 112 valence electrons. The van der Waals surface area contributed by atoms with E-state index >= 15 is 0 Å². The lowest BCUT2D eigenvalue weighted by Crippen LogP contribution is -2.51. The van der Waals surface area contributed by atoms with Gasteiger partial charge in [0.05, 0.1) is 0 Å². The Hall–Kier alpha value is -0.0800.